The molecule has 1 amide bonds. The van der Waals surface area contributed by atoms with Gasteiger partial charge in [-0.05, 0) is 68.0 Å². The molecular weight excluding hydrogens is 446 g/mol. The van der Waals surface area contributed by atoms with Gasteiger partial charge in [-0.3, -0.25) is 4.79 Å². The number of benzene rings is 1. The maximum Gasteiger partial charge on any atom is 0.256 e. The van der Waals surface area contributed by atoms with Crippen molar-refractivity contribution < 1.29 is 13.6 Å². The highest BCUT2D eigenvalue weighted by Gasteiger charge is 2.37. The van der Waals surface area contributed by atoms with Gasteiger partial charge in [0, 0.05) is 30.1 Å². The lowest BCUT2D eigenvalue weighted by atomic mass is 9.78. The number of pyridine rings is 1. The van der Waals surface area contributed by atoms with E-state index >= 15 is 0 Å². The quantitative estimate of drug-likeness (QED) is 0.341. The normalized spacial score (nSPS) is 19.9. The highest BCUT2D eigenvalue weighted by molar-refractivity contribution is 5.94. The lowest BCUT2D eigenvalue weighted by Crippen LogP contribution is -2.37. The van der Waals surface area contributed by atoms with Gasteiger partial charge in [0.05, 0.1) is 23.1 Å². The summed E-state index contributed by atoms with van der Waals surface area (Å²) in [6.07, 6.45) is 8.83. The molecule has 0 saturated carbocycles. The van der Waals surface area contributed by atoms with Gasteiger partial charge in [0.2, 0.25) is 5.95 Å². The van der Waals surface area contributed by atoms with Crippen molar-refractivity contribution in [2.75, 3.05) is 0 Å². The smallest absolute Gasteiger partial charge is 0.256 e. The van der Waals surface area contributed by atoms with Gasteiger partial charge in [0.1, 0.15) is 5.82 Å². The van der Waals surface area contributed by atoms with E-state index in [1.807, 2.05) is 10.9 Å². The fraction of sp³-hybridized carbons (Fsp3) is 0.393. The van der Waals surface area contributed by atoms with E-state index in [0.717, 1.165) is 44.2 Å². The van der Waals surface area contributed by atoms with Gasteiger partial charge in [-0.15, -0.1) is 0 Å². The van der Waals surface area contributed by atoms with Gasteiger partial charge in [0.15, 0.2) is 0 Å². The van der Waals surface area contributed by atoms with Crippen LogP contribution >= 0.6 is 0 Å². The van der Waals surface area contributed by atoms with Crippen molar-refractivity contribution in [3.8, 4) is 5.69 Å². The van der Waals surface area contributed by atoms with Crippen molar-refractivity contribution in [3.63, 3.8) is 0 Å². The Hall–Kier alpha value is -3.35. The third-order valence-corrected chi connectivity index (χ3v) is 7.47. The number of fused-ring (bicyclic) bond motifs is 1. The van der Waals surface area contributed by atoms with E-state index in [-0.39, 0.29) is 23.3 Å². The van der Waals surface area contributed by atoms with Crippen molar-refractivity contribution in [1.29, 1.82) is 0 Å². The van der Waals surface area contributed by atoms with Gasteiger partial charge in [-0.2, -0.15) is 9.49 Å². The zero-order valence-corrected chi connectivity index (χ0v) is 20.1. The number of rotatable bonds is 7. The number of aromatic nitrogens is 3. The van der Waals surface area contributed by atoms with Crippen molar-refractivity contribution in [2.45, 2.75) is 64.3 Å². The minimum atomic E-state index is -0.738. The SMILES string of the molecule is CCCC(C[C@H]1CCC2=C1[C@@H](C)c1cnn(-c3ccc(F)cc3)c1C2)NC(=O)c1cccnc1F. The molecule has 0 saturated heterocycles. The molecule has 0 spiro atoms. The highest BCUT2D eigenvalue weighted by atomic mass is 19.1. The molecule has 0 fully saturated rings. The molecule has 5 nitrogen and oxygen atoms in total. The molecule has 1 N–H and O–H groups in total. The number of allylic oxidation sites excluding steroid dienone is 2. The molecule has 3 atom stereocenters. The zero-order valence-electron chi connectivity index (χ0n) is 20.1. The second-order valence-corrected chi connectivity index (χ2v) is 9.66. The van der Waals surface area contributed by atoms with Gasteiger partial charge < -0.3 is 5.32 Å². The van der Waals surface area contributed by atoms with Gasteiger partial charge in [-0.1, -0.05) is 31.4 Å². The predicted octanol–water partition coefficient (Wildman–Crippen LogP) is 5.90. The largest absolute Gasteiger partial charge is 0.349 e. The molecule has 0 aliphatic heterocycles. The third kappa shape index (κ3) is 4.51. The van der Waals surface area contributed by atoms with Crippen LogP contribution in [0.15, 0.2) is 59.9 Å². The third-order valence-electron chi connectivity index (χ3n) is 7.47. The van der Waals surface area contributed by atoms with Gasteiger partial charge in [0.25, 0.3) is 5.91 Å². The summed E-state index contributed by atoms with van der Waals surface area (Å²) < 4.78 is 29.4. The van der Waals surface area contributed by atoms with Crippen LogP contribution in [0.4, 0.5) is 8.78 Å². The standard InChI is InChI=1S/C28H30F2N4O/c1-3-5-21(33-28(35)23-6-4-13-31-27(23)30)14-18-7-8-19-15-25-24(17(2)26(18)19)16-32-34(25)22-11-9-20(29)10-12-22/h4,6,9-13,16-18,21H,3,5,7-8,14-15H2,1-2H3,(H,33,35)/t17-,18+,21?/m0/s1. The molecule has 35 heavy (non-hydrogen) atoms. The van der Waals surface area contributed by atoms with Crippen molar-refractivity contribution in [1.82, 2.24) is 20.1 Å². The summed E-state index contributed by atoms with van der Waals surface area (Å²) in [5.41, 5.74) is 6.18. The van der Waals surface area contributed by atoms with Crippen LogP contribution in [0.2, 0.25) is 0 Å². The summed E-state index contributed by atoms with van der Waals surface area (Å²) >= 11 is 0. The minimum Gasteiger partial charge on any atom is -0.349 e. The Bertz CT molecular complexity index is 1260. The second-order valence-electron chi connectivity index (χ2n) is 9.66. The molecule has 1 unspecified atom stereocenters. The predicted molar refractivity (Wildman–Crippen MR) is 130 cm³/mol. The Morgan fingerprint density at radius 3 is 2.77 bits per heavy atom. The van der Waals surface area contributed by atoms with Crippen LogP contribution in [-0.2, 0) is 6.42 Å². The average Bonchev–Trinajstić information content (AvgIpc) is 3.45. The van der Waals surface area contributed by atoms with Crippen LogP contribution in [0.1, 0.15) is 73.5 Å². The van der Waals surface area contributed by atoms with Crippen LogP contribution < -0.4 is 5.32 Å². The number of amides is 1. The molecule has 2 aromatic heterocycles. The van der Waals surface area contributed by atoms with E-state index in [1.165, 1.54) is 46.8 Å². The molecule has 3 aromatic rings. The Kier molecular flexibility index (Phi) is 6.50. The van der Waals surface area contributed by atoms with Gasteiger partial charge in [-0.25, -0.2) is 14.1 Å². The molecule has 2 heterocycles. The van der Waals surface area contributed by atoms with Crippen LogP contribution in [0.3, 0.4) is 0 Å². The maximum atomic E-state index is 14.0. The van der Waals surface area contributed by atoms with E-state index in [9.17, 15) is 13.6 Å². The summed E-state index contributed by atoms with van der Waals surface area (Å²) in [6, 6.07) is 9.47. The van der Waals surface area contributed by atoms with E-state index in [1.54, 1.807) is 18.2 Å². The maximum absolute atomic E-state index is 14.0. The van der Waals surface area contributed by atoms with E-state index < -0.39 is 11.9 Å². The fourth-order valence-corrected chi connectivity index (χ4v) is 5.89. The van der Waals surface area contributed by atoms with E-state index in [4.69, 9.17) is 0 Å². The summed E-state index contributed by atoms with van der Waals surface area (Å²) in [5.74, 6) is -0.785. The summed E-state index contributed by atoms with van der Waals surface area (Å²) in [4.78, 5) is 16.4. The molecule has 0 radical (unpaired) electrons. The van der Waals surface area contributed by atoms with Crippen molar-refractivity contribution in [3.05, 3.63) is 88.5 Å². The fourth-order valence-electron chi connectivity index (χ4n) is 5.89. The Morgan fingerprint density at radius 1 is 1.23 bits per heavy atom. The van der Waals surface area contributed by atoms with Crippen LogP contribution in [-0.4, -0.2) is 26.7 Å². The topological polar surface area (TPSA) is 59.8 Å². The van der Waals surface area contributed by atoms with Crippen LogP contribution in [0, 0.1) is 17.7 Å². The monoisotopic (exact) mass is 476 g/mol. The summed E-state index contributed by atoms with van der Waals surface area (Å²) in [6.45, 7) is 4.34. The summed E-state index contributed by atoms with van der Waals surface area (Å²) in [5, 5.41) is 7.71. The first kappa shape index (κ1) is 23.4. The molecule has 2 aliphatic rings. The number of nitrogens with one attached hydrogen (secondary N) is 1. The van der Waals surface area contributed by atoms with Crippen molar-refractivity contribution >= 4 is 5.91 Å². The molecule has 1 aromatic carbocycles. The summed E-state index contributed by atoms with van der Waals surface area (Å²) in [7, 11) is 0. The number of nitrogens with zero attached hydrogens (tertiary/aromatic N) is 3. The number of hydrogen-bond acceptors (Lipinski definition) is 3. The van der Waals surface area contributed by atoms with Gasteiger partial charge >= 0.3 is 0 Å². The van der Waals surface area contributed by atoms with E-state index in [0.29, 0.717) is 5.92 Å². The number of hydrogen-bond donors (Lipinski definition) is 1. The van der Waals surface area contributed by atoms with Crippen LogP contribution in [0.25, 0.3) is 5.69 Å². The molecule has 0 bridgehead atoms. The Balaban J connectivity index is 1.35. The number of carbonyl (C=O) groups is 1. The second kappa shape index (κ2) is 9.72. The lowest BCUT2D eigenvalue weighted by Gasteiger charge is -2.29. The molecular formula is C28H30F2N4O. The van der Waals surface area contributed by atoms with E-state index in [2.05, 4.69) is 29.2 Å². The average molecular weight is 477 g/mol. The molecule has 5 rings (SSSR count). The molecule has 7 heteroatoms. The molecule has 182 valence electrons. The first-order valence-corrected chi connectivity index (χ1v) is 12.4. The highest BCUT2D eigenvalue weighted by Crippen LogP contribution is 2.48. The molecule has 2 aliphatic carbocycles. The Labute approximate surface area is 204 Å². The minimum absolute atomic E-state index is 0.0104. The number of halogens is 2. The van der Waals surface area contributed by atoms with Crippen molar-refractivity contribution in [2.24, 2.45) is 5.92 Å². The Morgan fingerprint density at radius 2 is 2.03 bits per heavy atom. The first-order chi connectivity index (χ1) is 17.0. The van der Waals surface area contributed by atoms with Crippen LogP contribution in [0.5, 0.6) is 0 Å². The zero-order chi connectivity index (χ0) is 24.5. The lowest BCUT2D eigenvalue weighted by molar-refractivity contribution is 0.0924. The number of carbonyl (C=O) groups excluding carboxylic acids is 1. The first-order valence-electron chi connectivity index (χ1n) is 12.4.